The topological polar surface area (TPSA) is 16.3 Å². The maximum atomic E-state index is 2.46. The molecule has 0 spiro atoms. The number of benzene rings is 12. The van der Waals surface area contributed by atoms with Crippen molar-refractivity contribution < 1.29 is 0 Å². The highest BCUT2D eigenvalue weighted by Crippen LogP contribution is 2.48. The summed E-state index contributed by atoms with van der Waals surface area (Å²) in [5.74, 6) is 0. The highest BCUT2D eigenvalue weighted by Gasteiger charge is 2.25. The lowest BCUT2D eigenvalue weighted by molar-refractivity contribution is 0.590. The smallest absolute Gasteiger partial charge is 0.0568 e. The molecule has 0 saturated heterocycles. The molecule has 2 aromatic heterocycles. The highest BCUT2D eigenvalue weighted by molar-refractivity contribution is 6.26. The van der Waals surface area contributed by atoms with Crippen LogP contribution in [0.5, 0.6) is 0 Å². The second kappa shape index (κ2) is 16.3. The van der Waals surface area contributed by atoms with Gasteiger partial charge in [-0.05, 0) is 163 Å². The molecule has 0 aliphatic carbocycles. The van der Waals surface area contributed by atoms with E-state index in [1.165, 1.54) is 87.1 Å². The first-order valence-corrected chi connectivity index (χ1v) is 26.0. The average molecular weight is 953 g/mol. The van der Waals surface area contributed by atoms with E-state index in [0.29, 0.717) is 0 Å². The normalized spacial score (nSPS) is 12.5. The zero-order valence-electron chi connectivity index (χ0n) is 42.7. The van der Waals surface area contributed by atoms with Crippen molar-refractivity contribution in [3.8, 4) is 11.4 Å². The minimum atomic E-state index is -0.0336. The van der Waals surface area contributed by atoms with Crippen LogP contribution in [0.2, 0.25) is 0 Å². The Labute approximate surface area is 432 Å². The Morgan fingerprint density at radius 2 is 0.608 bits per heavy atom. The van der Waals surface area contributed by atoms with Crippen LogP contribution >= 0.6 is 0 Å². The van der Waals surface area contributed by atoms with Gasteiger partial charge in [-0.1, -0.05) is 163 Å². The van der Waals surface area contributed by atoms with E-state index in [4.69, 9.17) is 0 Å². The van der Waals surface area contributed by atoms with Crippen molar-refractivity contribution in [3.05, 3.63) is 242 Å². The third-order valence-corrected chi connectivity index (χ3v) is 15.6. The summed E-state index contributed by atoms with van der Waals surface area (Å²) in [5.41, 5.74) is 16.3. The van der Waals surface area contributed by atoms with E-state index < -0.39 is 0 Å². The van der Waals surface area contributed by atoms with Crippen molar-refractivity contribution >= 4 is 110 Å². The second-order valence-corrected chi connectivity index (χ2v) is 22.3. The molecule has 0 atom stereocenters. The summed E-state index contributed by atoms with van der Waals surface area (Å²) < 4.78 is 4.90. The number of nitrogens with zero attached hydrogens (tertiary/aromatic N) is 4. The number of aromatic nitrogens is 2. The minimum absolute atomic E-state index is 0.0336. The van der Waals surface area contributed by atoms with Crippen molar-refractivity contribution in [3.63, 3.8) is 0 Å². The Kier molecular flexibility index (Phi) is 9.68. The zero-order valence-corrected chi connectivity index (χ0v) is 42.7. The predicted molar refractivity (Wildman–Crippen MR) is 317 cm³/mol. The van der Waals surface area contributed by atoms with Crippen molar-refractivity contribution in [2.45, 2.75) is 52.4 Å². The van der Waals surface area contributed by atoms with Crippen molar-refractivity contribution in [2.24, 2.45) is 0 Å². The summed E-state index contributed by atoms with van der Waals surface area (Å²) in [4.78, 5) is 4.93. The predicted octanol–water partition coefficient (Wildman–Crippen LogP) is 19.8. The van der Waals surface area contributed by atoms with Gasteiger partial charge in [-0.25, -0.2) is 0 Å². The molecule has 2 heterocycles. The number of para-hydroxylation sites is 2. The molecule has 74 heavy (non-hydrogen) atoms. The number of hydrogen-bond donors (Lipinski definition) is 0. The molecule has 0 amide bonds. The van der Waals surface area contributed by atoms with Crippen molar-refractivity contribution in [1.82, 2.24) is 9.13 Å². The van der Waals surface area contributed by atoms with Gasteiger partial charge < -0.3 is 18.9 Å². The lowest BCUT2D eigenvalue weighted by Crippen LogP contribution is -2.15. The molecule has 0 N–H and O–H groups in total. The molecule has 0 saturated carbocycles. The number of fused-ring (bicyclic) bond motifs is 1. The Morgan fingerprint density at radius 3 is 1.03 bits per heavy atom. The molecule has 0 fully saturated rings. The molecule has 0 bridgehead atoms. The molecule has 356 valence electrons. The minimum Gasteiger partial charge on any atom is -0.310 e. The first-order chi connectivity index (χ1) is 35.9. The molecule has 14 aromatic rings. The number of hydrogen-bond acceptors (Lipinski definition) is 2. The maximum absolute atomic E-state index is 2.46. The molecule has 0 radical (unpaired) electrons. The fourth-order valence-corrected chi connectivity index (χ4v) is 11.9. The highest BCUT2D eigenvalue weighted by atomic mass is 15.2. The van der Waals surface area contributed by atoms with Crippen LogP contribution in [0, 0.1) is 0 Å². The monoisotopic (exact) mass is 952 g/mol. The largest absolute Gasteiger partial charge is 0.310 e. The standard InChI is InChI=1S/C70H56N4/c1-69(2,3)51-19-15-25-55(41-51)71(59-39-49-31-29-45-17-13-27-61-65(45)67(49)63(43-59)73(61)53-21-9-7-10-22-53)57-35-33-48-38-58(36-34-47(48)37-57)72(56-26-16-20-52(42-56)70(4,5)6)60-40-50-32-30-46-18-14-28-62-66(46)68(50)64(44-60)74(62)54-23-11-8-12-24-54/h7-44H,1-6H3. The molecule has 0 unspecified atom stereocenters. The van der Waals surface area contributed by atoms with Crippen molar-refractivity contribution in [2.75, 3.05) is 9.80 Å². The maximum Gasteiger partial charge on any atom is 0.0568 e. The van der Waals surface area contributed by atoms with E-state index in [9.17, 15) is 0 Å². The van der Waals surface area contributed by atoms with Crippen LogP contribution < -0.4 is 9.80 Å². The van der Waals surface area contributed by atoms with E-state index >= 15 is 0 Å². The van der Waals surface area contributed by atoms with Crippen LogP contribution in [0.1, 0.15) is 52.7 Å². The van der Waals surface area contributed by atoms with Crippen LogP contribution in [0.3, 0.4) is 0 Å². The van der Waals surface area contributed by atoms with Crippen LogP contribution in [0.15, 0.2) is 231 Å². The molecular weight excluding hydrogens is 897 g/mol. The second-order valence-electron chi connectivity index (χ2n) is 22.3. The summed E-state index contributed by atoms with van der Waals surface area (Å²) in [6.45, 7) is 13.8. The molecule has 4 heteroatoms. The van der Waals surface area contributed by atoms with Crippen molar-refractivity contribution in [1.29, 1.82) is 0 Å². The Hall–Kier alpha value is -8.86. The Balaban J connectivity index is 0.963. The lowest BCUT2D eigenvalue weighted by Gasteiger charge is -2.29. The summed E-state index contributed by atoms with van der Waals surface area (Å²) >= 11 is 0. The molecule has 0 aliphatic heterocycles. The van der Waals surface area contributed by atoms with Gasteiger partial charge in [0.05, 0.1) is 22.1 Å². The van der Waals surface area contributed by atoms with Gasteiger partial charge in [0.1, 0.15) is 0 Å². The lowest BCUT2D eigenvalue weighted by atomic mass is 9.86. The summed E-state index contributed by atoms with van der Waals surface area (Å²) in [5, 5.41) is 12.5. The zero-order chi connectivity index (χ0) is 50.0. The molecular formula is C70H56N4. The average Bonchev–Trinajstić information content (AvgIpc) is 3.94. The van der Waals surface area contributed by atoms with Crippen LogP contribution in [0.25, 0.3) is 87.3 Å². The van der Waals surface area contributed by atoms with Gasteiger partial charge in [0, 0.05) is 67.0 Å². The van der Waals surface area contributed by atoms with Gasteiger partial charge in [-0.15, -0.1) is 0 Å². The fourth-order valence-electron chi connectivity index (χ4n) is 11.9. The number of rotatable bonds is 8. The fraction of sp³-hybridized carbons (Fsp3) is 0.114. The van der Waals surface area contributed by atoms with Gasteiger partial charge in [0.15, 0.2) is 0 Å². The number of anilines is 6. The van der Waals surface area contributed by atoms with Gasteiger partial charge in [0.2, 0.25) is 0 Å². The Bertz CT molecular complexity index is 4160. The van der Waals surface area contributed by atoms with Gasteiger partial charge in [0.25, 0.3) is 0 Å². The molecule has 14 rings (SSSR count). The third-order valence-electron chi connectivity index (χ3n) is 15.6. The first kappa shape index (κ1) is 43.9. The van der Waals surface area contributed by atoms with E-state index in [1.54, 1.807) is 0 Å². The molecule has 4 nitrogen and oxygen atoms in total. The summed E-state index contributed by atoms with van der Waals surface area (Å²) in [7, 11) is 0. The summed E-state index contributed by atoms with van der Waals surface area (Å²) in [6, 6.07) is 86.1. The SMILES string of the molecule is CC(C)(C)c1cccc(N(c2ccc3cc(N(c4cccc(C(C)(C)C)c4)c4cc5ccc6cccc7c6c5c(c4)n7-c4ccccc4)ccc3c2)c2cc3ccc4cccc5c4c3c(c2)n5-c2ccccc2)c1. The molecule has 12 aromatic carbocycles. The van der Waals surface area contributed by atoms with Gasteiger partial charge >= 0.3 is 0 Å². The van der Waals surface area contributed by atoms with E-state index in [1.807, 2.05) is 0 Å². The van der Waals surface area contributed by atoms with Crippen LogP contribution in [-0.4, -0.2) is 9.13 Å². The van der Waals surface area contributed by atoms with Crippen LogP contribution in [-0.2, 0) is 10.8 Å². The van der Waals surface area contributed by atoms with E-state index in [-0.39, 0.29) is 10.8 Å². The first-order valence-electron chi connectivity index (χ1n) is 26.0. The molecule has 0 aliphatic rings. The van der Waals surface area contributed by atoms with E-state index in [0.717, 1.165) is 45.5 Å². The third kappa shape index (κ3) is 6.96. The quantitative estimate of drug-likeness (QED) is 0.141. The summed E-state index contributed by atoms with van der Waals surface area (Å²) in [6.07, 6.45) is 0. The van der Waals surface area contributed by atoms with Gasteiger partial charge in [-0.2, -0.15) is 0 Å². The van der Waals surface area contributed by atoms with Gasteiger partial charge in [-0.3, -0.25) is 0 Å². The van der Waals surface area contributed by atoms with Crippen LogP contribution in [0.4, 0.5) is 34.1 Å². The van der Waals surface area contributed by atoms with E-state index in [2.05, 4.69) is 291 Å². The Morgan fingerprint density at radius 1 is 0.257 bits per heavy atom.